The molecule has 0 atom stereocenters. The molecule has 20 heavy (non-hydrogen) atoms. The molecule has 0 aliphatic carbocycles. The summed E-state index contributed by atoms with van der Waals surface area (Å²) in [6, 6.07) is 11.3. The lowest BCUT2D eigenvalue weighted by molar-refractivity contribution is -0.109. The minimum absolute atomic E-state index is 0.102. The molecule has 2 aromatic rings. The molecule has 1 heterocycles. The van der Waals surface area contributed by atoms with E-state index in [0.717, 1.165) is 5.69 Å². The number of hydrogen-bond donors (Lipinski definition) is 2. The molecule has 2 rings (SSSR count). The molecule has 0 aliphatic rings. The van der Waals surface area contributed by atoms with E-state index in [0.29, 0.717) is 31.5 Å². The predicted octanol–water partition coefficient (Wildman–Crippen LogP) is 1.34. The van der Waals surface area contributed by atoms with Crippen LogP contribution in [0.15, 0.2) is 48.8 Å². The monoisotopic (exact) mass is 271 g/mol. The zero-order valence-electron chi connectivity index (χ0n) is 11.1. The van der Waals surface area contributed by atoms with Crippen LogP contribution in [0.1, 0.15) is 16.8 Å². The van der Waals surface area contributed by atoms with Crippen LogP contribution in [0, 0.1) is 0 Å². The minimum Gasteiger partial charge on any atom is -0.359 e. The van der Waals surface area contributed by atoms with Crippen LogP contribution >= 0.6 is 0 Å². The van der Waals surface area contributed by atoms with Gasteiger partial charge >= 0.3 is 0 Å². The zero-order valence-corrected chi connectivity index (χ0v) is 11.1. The van der Waals surface area contributed by atoms with Gasteiger partial charge in [0.2, 0.25) is 6.41 Å². The van der Waals surface area contributed by atoms with E-state index in [-0.39, 0.29) is 5.91 Å². The Morgan fingerprint density at radius 3 is 2.45 bits per heavy atom. The fraction of sp³-hybridized carbons (Fsp3) is 0.200. The van der Waals surface area contributed by atoms with Gasteiger partial charge < -0.3 is 15.2 Å². The molecule has 5 heteroatoms. The summed E-state index contributed by atoms with van der Waals surface area (Å²) in [5.41, 5.74) is 1.64. The highest BCUT2D eigenvalue weighted by Crippen LogP contribution is 2.09. The van der Waals surface area contributed by atoms with Crippen molar-refractivity contribution in [1.29, 1.82) is 0 Å². The number of nitrogens with zero attached hydrogens (tertiary/aromatic N) is 1. The second kappa shape index (κ2) is 7.13. The van der Waals surface area contributed by atoms with Crippen molar-refractivity contribution >= 4 is 12.3 Å². The molecule has 2 N–H and O–H groups in total. The molecule has 0 bridgehead atoms. The SMILES string of the molecule is O=CNCCCNC(=O)c1ccc(-n2cccc2)cc1. The number of carbonyl (C=O) groups is 2. The van der Waals surface area contributed by atoms with E-state index >= 15 is 0 Å². The Balaban J connectivity index is 1.86. The van der Waals surface area contributed by atoms with Crippen molar-refractivity contribution < 1.29 is 9.59 Å². The average Bonchev–Trinajstić information content (AvgIpc) is 3.01. The van der Waals surface area contributed by atoms with Gasteiger partial charge in [-0.05, 0) is 42.8 Å². The normalized spacial score (nSPS) is 10.0. The third-order valence-electron chi connectivity index (χ3n) is 2.90. The van der Waals surface area contributed by atoms with Crippen LogP contribution in [0.3, 0.4) is 0 Å². The number of amides is 2. The largest absolute Gasteiger partial charge is 0.359 e. The van der Waals surface area contributed by atoms with Crippen molar-refractivity contribution in [2.24, 2.45) is 0 Å². The van der Waals surface area contributed by atoms with Crippen molar-refractivity contribution in [3.05, 3.63) is 54.4 Å². The Kier molecular flexibility index (Phi) is 4.94. The molecular weight excluding hydrogens is 254 g/mol. The summed E-state index contributed by atoms with van der Waals surface area (Å²) in [7, 11) is 0. The van der Waals surface area contributed by atoms with Crippen molar-refractivity contribution in [3.8, 4) is 5.69 Å². The highest BCUT2D eigenvalue weighted by atomic mass is 16.1. The van der Waals surface area contributed by atoms with Crippen LogP contribution in [0.25, 0.3) is 5.69 Å². The van der Waals surface area contributed by atoms with Gasteiger partial charge in [0, 0.05) is 36.7 Å². The first kappa shape index (κ1) is 13.9. The lowest BCUT2D eigenvalue weighted by Crippen LogP contribution is -2.27. The van der Waals surface area contributed by atoms with E-state index in [4.69, 9.17) is 0 Å². The van der Waals surface area contributed by atoms with E-state index in [9.17, 15) is 9.59 Å². The predicted molar refractivity (Wildman–Crippen MR) is 76.8 cm³/mol. The highest BCUT2D eigenvalue weighted by Gasteiger charge is 2.04. The third-order valence-corrected chi connectivity index (χ3v) is 2.90. The number of rotatable bonds is 7. The summed E-state index contributed by atoms with van der Waals surface area (Å²) in [6.07, 6.45) is 5.28. The molecule has 0 fully saturated rings. The van der Waals surface area contributed by atoms with E-state index < -0.39 is 0 Å². The molecule has 1 aromatic heterocycles. The highest BCUT2D eigenvalue weighted by molar-refractivity contribution is 5.94. The van der Waals surface area contributed by atoms with Crippen LogP contribution < -0.4 is 10.6 Å². The number of carbonyl (C=O) groups excluding carboxylic acids is 2. The summed E-state index contributed by atoms with van der Waals surface area (Å²) in [5.74, 6) is -0.102. The summed E-state index contributed by atoms with van der Waals surface area (Å²) in [6.45, 7) is 1.11. The van der Waals surface area contributed by atoms with Gasteiger partial charge in [-0.1, -0.05) is 0 Å². The summed E-state index contributed by atoms with van der Waals surface area (Å²) in [5, 5.41) is 5.36. The van der Waals surface area contributed by atoms with E-state index in [1.54, 1.807) is 12.1 Å². The summed E-state index contributed by atoms with van der Waals surface area (Å²) >= 11 is 0. The van der Waals surface area contributed by atoms with Crippen molar-refractivity contribution in [3.63, 3.8) is 0 Å². The fourth-order valence-corrected chi connectivity index (χ4v) is 1.84. The van der Waals surface area contributed by atoms with Crippen LogP contribution in [0.4, 0.5) is 0 Å². The smallest absolute Gasteiger partial charge is 0.251 e. The van der Waals surface area contributed by atoms with E-state index in [2.05, 4.69) is 10.6 Å². The first-order chi connectivity index (χ1) is 9.81. The lowest BCUT2D eigenvalue weighted by atomic mass is 10.2. The molecule has 0 aliphatic heterocycles. The quantitative estimate of drug-likeness (QED) is 0.589. The lowest BCUT2D eigenvalue weighted by Gasteiger charge is -2.07. The van der Waals surface area contributed by atoms with Crippen molar-refractivity contribution in [2.75, 3.05) is 13.1 Å². The summed E-state index contributed by atoms with van der Waals surface area (Å²) < 4.78 is 1.98. The van der Waals surface area contributed by atoms with E-state index in [1.807, 2.05) is 41.2 Å². The molecule has 1 aromatic carbocycles. The topological polar surface area (TPSA) is 63.1 Å². The maximum Gasteiger partial charge on any atom is 0.251 e. The first-order valence-electron chi connectivity index (χ1n) is 6.50. The standard InChI is InChI=1S/C15H17N3O2/c19-12-16-8-3-9-17-15(20)13-4-6-14(7-5-13)18-10-1-2-11-18/h1-2,4-7,10-12H,3,8-9H2,(H,16,19)(H,17,20). The van der Waals surface area contributed by atoms with Crippen LogP contribution in [0.2, 0.25) is 0 Å². The molecule has 0 saturated heterocycles. The Morgan fingerprint density at radius 2 is 1.80 bits per heavy atom. The van der Waals surface area contributed by atoms with Gasteiger partial charge in [0.25, 0.3) is 5.91 Å². The Hall–Kier alpha value is -2.56. The van der Waals surface area contributed by atoms with Crippen LogP contribution in [-0.2, 0) is 4.79 Å². The Bertz CT molecular complexity index is 547. The maximum absolute atomic E-state index is 11.9. The molecule has 5 nitrogen and oxygen atoms in total. The van der Waals surface area contributed by atoms with Gasteiger partial charge in [-0.15, -0.1) is 0 Å². The fourth-order valence-electron chi connectivity index (χ4n) is 1.84. The van der Waals surface area contributed by atoms with Gasteiger partial charge in [-0.2, -0.15) is 0 Å². The number of nitrogens with one attached hydrogen (secondary N) is 2. The Morgan fingerprint density at radius 1 is 1.10 bits per heavy atom. The zero-order chi connectivity index (χ0) is 14.2. The number of aromatic nitrogens is 1. The minimum atomic E-state index is -0.102. The van der Waals surface area contributed by atoms with Gasteiger partial charge in [-0.25, -0.2) is 0 Å². The molecule has 104 valence electrons. The third kappa shape index (κ3) is 3.71. The molecule has 0 unspecified atom stereocenters. The maximum atomic E-state index is 11.9. The molecule has 0 spiro atoms. The van der Waals surface area contributed by atoms with E-state index in [1.165, 1.54) is 0 Å². The first-order valence-corrected chi connectivity index (χ1v) is 6.50. The van der Waals surface area contributed by atoms with Crippen molar-refractivity contribution in [1.82, 2.24) is 15.2 Å². The van der Waals surface area contributed by atoms with Gasteiger partial charge in [-0.3, -0.25) is 9.59 Å². The van der Waals surface area contributed by atoms with Gasteiger partial charge in [0.15, 0.2) is 0 Å². The molecule has 0 radical (unpaired) electrons. The van der Waals surface area contributed by atoms with Crippen LogP contribution in [-0.4, -0.2) is 30.0 Å². The Labute approximate surface area is 117 Å². The number of hydrogen-bond acceptors (Lipinski definition) is 2. The second-order valence-electron chi connectivity index (χ2n) is 4.32. The molecule has 2 amide bonds. The molecular formula is C15H17N3O2. The molecule has 0 saturated carbocycles. The van der Waals surface area contributed by atoms with Gasteiger partial charge in [0.1, 0.15) is 0 Å². The second-order valence-corrected chi connectivity index (χ2v) is 4.32. The average molecular weight is 271 g/mol. The van der Waals surface area contributed by atoms with Crippen molar-refractivity contribution in [2.45, 2.75) is 6.42 Å². The number of benzene rings is 1. The summed E-state index contributed by atoms with van der Waals surface area (Å²) in [4.78, 5) is 21.9. The van der Waals surface area contributed by atoms with Crippen LogP contribution in [0.5, 0.6) is 0 Å². The van der Waals surface area contributed by atoms with Gasteiger partial charge in [0.05, 0.1) is 0 Å².